The number of carbonyl (C=O) groups is 1. The maximum atomic E-state index is 12.6. The quantitative estimate of drug-likeness (QED) is 0.558. The number of carbonyl (C=O) groups excluding carboxylic acids is 1. The topological polar surface area (TPSA) is 94.4 Å². The molecule has 1 aliphatic rings. The molecule has 0 saturated carbocycles. The predicted octanol–water partition coefficient (Wildman–Crippen LogP) is 1.98. The summed E-state index contributed by atoms with van der Waals surface area (Å²) in [6.45, 7) is 1.01. The number of halogens is 1. The van der Waals surface area contributed by atoms with Crippen LogP contribution in [-0.4, -0.2) is 78.1 Å². The zero-order chi connectivity index (χ0) is 21.0. The summed E-state index contributed by atoms with van der Waals surface area (Å²) in [4.78, 5) is 14.1. The van der Waals surface area contributed by atoms with Crippen LogP contribution in [0.2, 0.25) is 5.02 Å². The molecule has 1 amide bonds. The summed E-state index contributed by atoms with van der Waals surface area (Å²) >= 11 is 7.25. The van der Waals surface area contributed by atoms with Gasteiger partial charge in [0.1, 0.15) is 0 Å². The first-order valence-corrected chi connectivity index (χ1v) is 12.3. The number of hydrogen-bond acceptors (Lipinski definition) is 7. The van der Waals surface area contributed by atoms with E-state index < -0.39 is 9.84 Å². The van der Waals surface area contributed by atoms with Crippen molar-refractivity contribution >= 4 is 39.1 Å². The third-order valence-corrected chi connectivity index (χ3v) is 7.77. The van der Waals surface area contributed by atoms with E-state index in [1.54, 1.807) is 26.3 Å². The van der Waals surface area contributed by atoms with Crippen LogP contribution in [0.1, 0.15) is 6.42 Å². The molecule has 3 rings (SSSR count). The first-order chi connectivity index (χ1) is 13.8. The summed E-state index contributed by atoms with van der Waals surface area (Å²) in [6, 6.07) is 7.04. The molecule has 8 nitrogen and oxygen atoms in total. The molecule has 2 heterocycles. The van der Waals surface area contributed by atoms with E-state index in [0.717, 1.165) is 5.56 Å². The maximum absolute atomic E-state index is 12.6. The minimum absolute atomic E-state index is 0.0324. The Morgan fingerprint density at radius 1 is 1.34 bits per heavy atom. The van der Waals surface area contributed by atoms with Gasteiger partial charge in [-0.2, -0.15) is 0 Å². The second-order valence-electron chi connectivity index (χ2n) is 6.81. The van der Waals surface area contributed by atoms with Crippen LogP contribution in [0.25, 0.3) is 11.4 Å². The number of methoxy groups -OCH3 is 1. The normalized spacial score (nSPS) is 18.1. The highest BCUT2D eigenvalue weighted by atomic mass is 35.5. The second-order valence-corrected chi connectivity index (χ2v) is 10.4. The Kier molecular flexibility index (Phi) is 7.20. The van der Waals surface area contributed by atoms with Crippen molar-refractivity contribution in [3.63, 3.8) is 0 Å². The molecular weight excluding hydrogens is 436 g/mol. The van der Waals surface area contributed by atoms with Crippen molar-refractivity contribution in [2.24, 2.45) is 0 Å². The molecule has 1 aromatic carbocycles. The van der Waals surface area contributed by atoms with Crippen molar-refractivity contribution in [1.29, 1.82) is 0 Å². The van der Waals surface area contributed by atoms with Gasteiger partial charge in [0.05, 0.1) is 30.4 Å². The SMILES string of the molecule is COCCn1c(SCC(=O)N(C)[C@@H]2CCS(=O)(=O)C2)nnc1-c1ccc(Cl)cc1. The van der Waals surface area contributed by atoms with E-state index in [1.807, 2.05) is 16.7 Å². The Morgan fingerprint density at radius 2 is 2.07 bits per heavy atom. The van der Waals surface area contributed by atoms with E-state index in [-0.39, 0.29) is 29.2 Å². The number of rotatable bonds is 8. The van der Waals surface area contributed by atoms with Crippen LogP contribution in [0.5, 0.6) is 0 Å². The number of thioether (sulfide) groups is 1. The number of ether oxygens (including phenoxy) is 1. The van der Waals surface area contributed by atoms with Crippen LogP contribution in [0.15, 0.2) is 29.4 Å². The van der Waals surface area contributed by atoms with Gasteiger partial charge in [0.25, 0.3) is 0 Å². The molecule has 1 aromatic heterocycles. The highest BCUT2D eigenvalue weighted by Crippen LogP contribution is 2.26. The third-order valence-electron chi connectivity index (χ3n) is 4.81. The van der Waals surface area contributed by atoms with Crippen LogP contribution in [0.3, 0.4) is 0 Å². The van der Waals surface area contributed by atoms with E-state index >= 15 is 0 Å². The molecule has 0 aliphatic carbocycles. The van der Waals surface area contributed by atoms with Crippen molar-refractivity contribution in [1.82, 2.24) is 19.7 Å². The second kappa shape index (κ2) is 9.46. The van der Waals surface area contributed by atoms with Gasteiger partial charge in [-0.3, -0.25) is 9.36 Å². The zero-order valence-corrected chi connectivity index (χ0v) is 18.6. The lowest BCUT2D eigenvalue weighted by Gasteiger charge is -2.23. The van der Waals surface area contributed by atoms with Gasteiger partial charge in [-0.15, -0.1) is 10.2 Å². The summed E-state index contributed by atoms with van der Waals surface area (Å²) < 4.78 is 30.4. The van der Waals surface area contributed by atoms with Gasteiger partial charge in [-0.25, -0.2) is 8.42 Å². The summed E-state index contributed by atoms with van der Waals surface area (Å²) in [7, 11) is 0.235. The summed E-state index contributed by atoms with van der Waals surface area (Å²) in [5, 5.41) is 9.76. The van der Waals surface area contributed by atoms with Gasteiger partial charge in [-0.1, -0.05) is 23.4 Å². The number of hydrogen-bond donors (Lipinski definition) is 0. The van der Waals surface area contributed by atoms with E-state index in [2.05, 4.69) is 10.2 Å². The van der Waals surface area contributed by atoms with Gasteiger partial charge < -0.3 is 9.64 Å². The minimum atomic E-state index is -3.04. The number of amides is 1. The summed E-state index contributed by atoms with van der Waals surface area (Å²) in [5.74, 6) is 0.858. The van der Waals surface area contributed by atoms with Crippen molar-refractivity contribution in [2.45, 2.75) is 24.2 Å². The van der Waals surface area contributed by atoms with E-state index in [9.17, 15) is 13.2 Å². The molecule has 1 atom stereocenters. The minimum Gasteiger partial charge on any atom is -0.383 e. The molecule has 1 saturated heterocycles. The molecule has 0 N–H and O–H groups in total. The van der Waals surface area contributed by atoms with Gasteiger partial charge >= 0.3 is 0 Å². The average Bonchev–Trinajstić information content (AvgIpc) is 3.27. The van der Waals surface area contributed by atoms with Gasteiger partial charge in [-0.05, 0) is 30.7 Å². The highest BCUT2D eigenvalue weighted by Gasteiger charge is 2.32. The fourth-order valence-electron chi connectivity index (χ4n) is 3.10. The lowest BCUT2D eigenvalue weighted by atomic mass is 10.2. The molecule has 2 aromatic rings. The third kappa shape index (κ3) is 5.50. The van der Waals surface area contributed by atoms with Gasteiger partial charge in [0.2, 0.25) is 5.91 Å². The number of nitrogens with zero attached hydrogens (tertiary/aromatic N) is 4. The van der Waals surface area contributed by atoms with Gasteiger partial charge in [0.15, 0.2) is 20.8 Å². The molecule has 11 heteroatoms. The largest absolute Gasteiger partial charge is 0.383 e. The summed E-state index contributed by atoms with van der Waals surface area (Å²) in [6.07, 6.45) is 0.486. The molecular formula is C18H23ClN4O4S2. The fourth-order valence-corrected chi connectivity index (χ4v) is 5.89. The van der Waals surface area contributed by atoms with Crippen molar-refractivity contribution < 1.29 is 17.9 Å². The molecule has 0 radical (unpaired) electrons. The molecule has 158 valence electrons. The van der Waals surface area contributed by atoms with Crippen molar-refractivity contribution in [3.05, 3.63) is 29.3 Å². The number of aromatic nitrogens is 3. The van der Waals surface area contributed by atoms with Crippen molar-refractivity contribution in [2.75, 3.05) is 38.0 Å². The lowest BCUT2D eigenvalue weighted by Crippen LogP contribution is -2.38. The molecule has 0 unspecified atom stereocenters. The Bertz CT molecular complexity index is 963. The average molecular weight is 459 g/mol. The molecule has 1 fully saturated rings. The summed E-state index contributed by atoms with van der Waals surface area (Å²) in [5.41, 5.74) is 0.865. The van der Waals surface area contributed by atoms with Crippen molar-refractivity contribution in [3.8, 4) is 11.4 Å². The number of benzene rings is 1. The van der Waals surface area contributed by atoms with Crippen LogP contribution in [0.4, 0.5) is 0 Å². The Morgan fingerprint density at radius 3 is 2.69 bits per heavy atom. The van der Waals surface area contributed by atoms with E-state index in [1.165, 1.54) is 16.7 Å². The predicted molar refractivity (Wildman–Crippen MR) is 113 cm³/mol. The Labute approximate surface area is 179 Å². The maximum Gasteiger partial charge on any atom is 0.233 e. The van der Waals surface area contributed by atoms with Crippen LogP contribution >= 0.6 is 23.4 Å². The molecule has 0 bridgehead atoms. The van der Waals surface area contributed by atoms with Crippen LogP contribution in [0, 0.1) is 0 Å². The molecule has 0 spiro atoms. The standard InChI is InChI=1S/C18H23ClN4O4S2/c1-22(15-7-10-29(25,26)12-15)16(24)11-28-18-21-20-17(23(18)8-9-27-2)13-3-5-14(19)6-4-13/h3-6,15H,7-12H2,1-2H3/t15-/m1/s1. The lowest BCUT2D eigenvalue weighted by molar-refractivity contribution is -0.128. The smallest absolute Gasteiger partial charge is 0.233 e. The fraction of sp³-hybridized carbons (Fsp3) is 0.500. The zero-order valence-electron chi connectivity index (χ0n) is 16.2. The molecule has 29 heavy (non-hydrogen) atoms. The van der Waals surface area contributed by atoms with Crippen LogP contribution < -0.4 is 0 Å². The molecule has 1 aliphatic heterocycles. The first kappa shape index (κ1) is 22.1. The monoisotopic (exact) mass is 458 g/mol. The highest BCUT2D eigenvalue weighted by molar-refractivity contribution is 7.99. The Balaban J connectivity index is 1.71. The van der Waals surface area contributed by atoms with Gasteiger partial charge in [0, 0.05) is 30.8 Å². The number of sulfone groups is 1. The van der Waals surface area contributed by atoms with E-state index in [0.29, 0.717) is 35.6 Å². The van der Waals surface area contributed by atoms with Crippen LogP contribution in [-0.2, 0) is 25.9 Å². The first-order valence-electron chi connectivity index (χ1n) is 9.07. The Hall–Kier alpha value is -1.62. The van der Waals surface area contributed by atoms with E-state index in [4.69, 9.17) is 16.3 Å².